The first-order valence-corrected chi connectivity index (χ1v) is 6.10. The Balaban J connectivity index is 2.56. The highest BCUT2D eigenvalue weighted by molar-refractivity contribution is 5.93. The highest BCUT2D eigenvalue weighted by Gasteiger charge is 2.10. The molecular formula is C13H20N2O2. The largest absolute Gasteiger partial charge is 0.478 e. The quantitative estimate of drug-likeness (QED) is 0.714. The van der Waals surface area contributed by atoms with Crippen LogP contribution in [0.2, 0.25) is 0 Å². The minimum Gasteiger partial charge on any atom is -0.478 e. The predicted octanol–water partition coefficient (Wildman–Crippen LogP) is 3.08. The molecule has 0 aliphatic carbocycles. The fourth-order valence-electron chi connectivity index (χ4n) is 1.62. The van der Waals surface area contributed by atoms with Gasteiger partial charge in [-0.15, -0.1) is 0 Å². The Morgan fingerprint density at radius 1 is 1.35 bits per heavy atom. The minimum absolute atomic E-state index is 0.242. The zero-order valence-corrected chi connectivity index (χ0v) is 10.5. The maximum absolute atomic E-state index is 11.0. The third kappa shape index (κ3) is 4.43. The number of nitrogens with zero attached hydrogens (tertiary/aromatic N) is 1. The van der Waals surface area contributed by atoms with E-state index >= 15 is 0 Å². The Morgan fingerprint density at radius 3 is 2.76 bits per heavy atom. The molecule has 1 aromatic heterocycles. The number of aromatic nitrogens is 1. The molecule has 0 saturated carbocycles. The molecule has 0 atom stereocenters. The van der Waals surface area contributed by atoms with Crippen LogP contribution in [-0.4, -0.2) is 22.6 Å². The lowest BCUT2D eigenvalue weighted by Gasteiger charge is -2.09. The van der Waals surface area contributed by atoms with E-state index in [-0.39, 0.29) is 5.56 Å². The van der Waals surface area contributed by atoms with Crippen LogP contribution in [0.3, 0.4) is 0 Å². The molecule has 4 nitrogen and oxygen atoms in total. The fraction of sp³-hybridized carbons (Fsp3) is 0.538. The Kier molecular flexibility index (Phi) is 5.46. The van der Waals surface area contributed by atoms with E-state index < -0.39 is 5.97 Å². The highest BCUT2D eigenvalue weighted by atomic mass is 16.4. The summed E-state index contributed by atoms with van der Waals surface area (Å²) < 4.78 is 0. The second-order valence-electron chi connectivity index (χ2n) is 4.14. The average molecular weight is 236 g/mol. The summed E-state index contributed by atoms with van der Waals surface area (Å²) in [5.41, 5.74) is 1.07. The zero-order chi connectivity index (χ0) is 12.7. The van der Waals surface area contributed by atoms with Crippen molar-refractivity contribution in [3.05, 3.63) is 23.4 Å². The average Bonchev–Trinajstić information content (AvgIpc) is 2.28. The van der Waals surface area contributed by atoms with Crippen LogP contribution in [0.25, 0.3) is 0 Å². The number of aryl methyl sites for hydroxylation is 1. The first-order valence-electron chi connectivity index (χ1n) is 6.10. The topological polar surface area (TPSA) is 62.2 Å². The van der Waals surface area contributed by atoms with E-state index in [2.05, 4.69) is 17.2 Å². The van der Waals surface area contributed by atoms with Gasteiger partial charge in [-0.2, -0.15) is 0 Å². The molecule has 94 valence electrons. The van der Waals surface area contributed by atoms with E-state index in [9.17, 15) is 4.79 Å². The smallest absolute Gasteiger partial charge is 0.339 e. The van der Waals surface area contributed by atoms with Crippen LogP contribution < -0.4 is 5.32 Å². The van der Waals surface area contributed by atoms with Crippen LogP contribution in [0.15, 0.2) is 12.1 Å². The van der Waals surface area contributed by atoms with Crippen LogP contribution >= 0.6 is 0 Å². The van der Waals surface area contributed by atoms with Crippen LogP contribution in [0.4, 0.5) is 5.82 Å². The number of pyridine rings is 1. The van der Waals surface area contributed by atoms with E-state index in [4.69, 9.17) is 5.11 Å². The lowest BCUT2D eigenvalue weighted by atomic mass is 10.2. The number of hydrogen-bond donors (Lipinski definition) is 2. The van der Waals surface area contributed by atoms with Crippen LogP contribution in [0, 0.1) is 6.92 Å². The van der Waals surface area contributed by atoms with Gasteiger partial charge in [0.2, 0.25) is 0 Å². The van der Waals surface area contributed by atoms with E-state index in [1.165, 1.54) is 12.8 Å². The summed E-state index contributed by atoms with van der Waals surface area (Å²) in [4.78, 5) is 15.2. The summed E-state index contributed by atoms with van der Waals surface area (Å²) in [7, 11) is 0. The van der Waals surface area contributed by atoms with Crippen molar-refractivity contribution in [2.45, 2.75) is 39.5 Å². The first-order chi connectivity index (χ1) is 8.15. The fourth-order valence-corrected chi connectivity index (χ4v) is 1.62. The van der Waals surface area contributed by atoms with Gasteiger partial charge in [0, 0.05) is 12.2 Å². The molecule has 0 aromatic carbocycles. The Hall–Kier alpha value is -1.58. The van der Waals surface area contributed by atoms with Gasteiger partial charge in [0.05, 0.1) is 0 Å². The third-order valence-corrected chi connectivity index (χ3v) is 2.59. The molecule has 0 bridgehead atoms. The number of unbranched alkanes of at least 4 members (excludes halogenated alkanes) is 3. The number of carbonyl (C=O) groups is 1. The Morgan fingerprint density at radius 2 is 2.12 bits per heavy atom. The Labute approximate surface area is 102 Å². The number of rotatable bonds is 7. The lowest BCUT2D eigenvalue weighted by Crippen LogP contribution is -2.10. The van der Waals surface area contributed by atoms with Gasteiger partial charge >= 0.3 is 5.97 Å². The maximum atomic E-state index is 11.0. The standard InChI is InChI=1S/C13H20N2O2/c1-3-4-5-6-9-14-12-11(13(16)17)8-7-10(2)15-12/h7-8H,3-6,9H2,1-2H3,(H,14,15)(H,16,17). The van der Waals surface area contributed by atoms with Crippen molar-refractivity contribution < 1.29 is 9.90 Å². The highest BCUT2D eigenvalue weighted by Crippen LogP contribution is 2.13. The second-order valence-corrected chi connectivity index (χ2v) is 4.14. The molecule has 1 rings (SSSR count). The summed E-state index contributed by atoms with van der Waals surface area (Å²) in [5.74, 6) is -0.456. The van der Waals surface area contributed by atoms with Gasteiger partial charge in [-0.3, -0.25) is 0 Å². The molecule has 0 aliphatic heterocycles. The van der Waals surface area contributed by atoms with Gasteiger partial charge in [0.1, 0.15) is 11.4 Å². The van der Waals surface area contributed by atoms with Crippen molar-refractivity contribution in [2.75, 3.05) is 11.9 Å². The monoisotopic (exact) mass is 236 g/mol. The van der Waals surface area contributed by atoms with E-state index in [0.717, 1.165) is 25.1 Å². The van der Waals surface area contributed by atoms with Crippen molar-refractivity contribution in [3.63, 3.8) is 0 Å². The SMILES string of the molecule is CCCCCCNc1nc(C)ccc1C(=O)O. The molecule has 1 heterocycles. The first kappa shape index (κ1) is 13.5. The van der Waals surface area contributed by atoms with Gasteiger partial charge in [0.25, 0.3) is 0 Å². The van der Waals surface area contributed by atoms with E-state index in [1.54, 1.807) is 12.1 Å². The molecule has 0 saturated heterocycles. The minimum atomic E-state index is -0.937. The predicted molar refractivity (Wildman–Crippen MR) is 68.6 cm³/mol. The molecule has 4 heteroatoms. The van der Waals surface area contributed by atoms with Crippen LogP contribution in [0.1, 0.15) is 48.7 Å². The summed E-state index contributed by atoms with van der Waals surface area (Å²) in [5, 5.41) is 12.1. The van der Waals surface area contributed by atoms with E-state index in [0.29, 0.717) is 5.82 Å². The normalized spacial score (nSPS) is 10.2. The van der Waals surface area contributed by atoms with Crippen molar-refractivity contribution in [1.29, 1.82) is 0 Å². The molecule has 0 spiro atoms. The molecule has 1 aromatic rings. The van der Waals surface area contributed by atoms with Crippen LogP contribution in [0.5, 0.6) is 0 Å². The van der Waals surface area contributed by atoms with Gasteiger partial charge in [-0.25, -0.2) is 9.78 Å². The number of hydrogen-bond acceptors (Lipinski definition) is 3. The molecule has 0 amide bonds. The summed E-state index contributed by atoms with van der Waals surface area (Å²) in [6.45, 7) is 4.79. The van der Waals surface area contributed by atoms with Crippen molar-refractivity contribution in [2.24, 2.45) is 0 Å². The summed E-state index contributed by atoms with van der Waals surface area (Å²) in [6.07, 6.45) is 4.62. The third-order valence-electron chi connectivity index (χ3n) is 2.59. The van der Waals surface area contributed by atoms with Gasteiger partial charge in [0.15, 0.2) is 0 Å². The van der Waals surface area contributed by atoms with Gasteiger partial charge in [-0.05, 0) is 25.5 Å². The summed E-state index contributed by atoms with van der Waals surface area (Å²) in [6, 6.07) is 3.31. The number of carboxylic acid groups (broad SMARTS) is 1. The zero-order valence-electron chi connectivity index (χ0n) is 10.5. The molecule has 2 N–H and O–H groups in total. The van der Waals surface area contributed by atoms with Crippen LogP contribution in [-0.2, 0) is 0 Å². The second kappa shape index (κ2) is 6.89. The summed E-state index contributed by atoms with van der Waals surface area (Å²) >= 11 is 0. The lowest BCUT2D eigenvalue weighted by molar-refractivity contribution is 0.0697. The van der Waals surface area contributed by atoms with Crippen molar-refractivity contribution in [3.8, 4) is 0 Å². The number of aromatic carboxylic acids is 1. The van der Waals surface area contributed by atoms with Gasteiger partial charge in [-0.1, -0.05) is 26.2 Å². The molecule has 0 aliphatic rings. The number of nitrogens with one attached hydrogen (secondary N) is 1. The van der Waals surface area contributed by atoms with Gasteiger partial charge < -0.3 is 10.4 Å². The Bertz CT molecular complexity index is 378. The molecular weight excluding hydrogens is 216 g/mol. The van der Waals surface area contributed by atoms with Crippen molar-refractivity contribution >= 4 is 11.8 Å². The maximum Gasteiger partial charge on any atom is 0.339 e. The van der Waals surface area contributed by atoms with E-state index in [1.807, 2.05) is 6.92 Å². The molecule has 0 fully saturated rings. The number of carboxylic acids is 1. The number of anilines is 1. The molecule has 17 heavy (non-hydrogen) atoms. The molecule has 0 unspecified atom stereocenters. The van der Waals surface area contributed by atoms with Crippen molar-refractivity contribution in [1.82, 2.24) is 4.98 Å². The molecule has 0 radical (unpaired) electrons.